The van der Waals surface area contributed by atoms with Crippen LogP contribution in [0.1, 0.15) is 5.56 Å². The highest BCUT2D eigenvalue weighted by atomic mass is 79.9. The number of amides is 1. The molecule has 10 heteroatoms. The van der Waals surface area contributed by atoms with Crippen LogP contribution in [0.3, 0.4) is 0 Å². The molecule has 0 aliphatic carbocycles. The summed E-state index contributed by atoms with van der Waals surface area (Å²) in [6.45, 7) is 3.92. The highest BCUT2D eigenvalue weighted by Gasteiger charge is 2.31. The Morgan fingerprint density at radius 2 is 1.72 bits per heavy atom. The molecule has 2 heterocycles. The zero-order chi connectivity index (χ0) is 20.9. The molecule has 1 fully saturated rings. The lowest BCUT2D eigenvalue weighted by atomic mass is 10.2. The lowest BCUT2D eigenvalue weighted by Crippen LogP contribution is -2.48. The van der Waals surface area contributed by atoms with Crippen molar-refractivity contribution >= 4 is 27.7 Å². The van der Waals surface area contributed by atoms with E-state index in [-0.39, 0.29) is 18.2 Å². The number of nitrogens with one attached hydrogen (secondary N) is 1. The van der Waals surface area contributed by atoms with Crippen LogP contribution in [0.15, 0.2) is 47.1 Å². The largest absolute Gasteiger partial charge is 0.573 e. The first-order chi connectivity index (χ1) is 13.8. The Kier molecular flexibility index (Phi) is 7.09. The molecule has 29 heavy (non-hydrogen) atoms. The molecule has 0 radical (unpaired) electrons. The molecule has 1 saturated heterocycles. The molecule has 156 valence electrons. The van der Waals surface area contributed by atoms with Crippen LogP contribution in [-0.4, -0.2) is 59.8 Å². The quantitative estimate of drug-likeness (QED) is 0.697. The number of piperazine rings is 1. The topological polar surface area (TPSA) is 57.7 Å². The molecule has 1 aromatic heterocycles. The van der Waals surface area contributed by atoms with Crippen molar-refractivity contribution < 1.29 is 22.7 Å². The number of anilines is 1. The molecule has 0 unspecified atom stereocenters. The third-order valence-corrected chi connectivity index (χ3v) is 4.86. The second-order valence-electron chi connectivity index (χ2n) is 6.65. The fourth-order valence-electron chi connectivity index (χ4n) is 3.00. The maximum Gasteiger partial charge on any atom is 0.573 e. The van der Waals surface area contributed by atoms with E-state index in [0.717, 1.165) is 36.2 Å². The minimum absolute atomic E-state index is 0.117. The van der Waals surface area contributed by atoms with E-state index < -0.39 is 6.36 Å². The summed E-state index contributed by atoms with van der Waals surface area (Å²) < 4.78 is 41.4. The molecule has 2 aromatic rings. The van der Waals surface area contributed by atoms with Crippen molar-refractivity contribution in [2.45, 2.75) is 12.9 Å². The van der Waals surface area contributed by atoms with Gasteiger partial charge in [-0.25, -0.2) is 4.98 Å². The molecular formula is C19H20BrF3N4O2. The molecule has 1 amide bonds. The Morgan fingerprint density at radius 1 is 1.07 bits per heavy atom. The number of hydrogen-bond acceptors (Lipinski definition) is 5. The van der Waals surface area contributed by atoms with Crippen molar-refractivity contribution in [2.24, 2.45) is 0 Å². The summed E-state index contributed by atoms with van der Waals surface area (Å²) in [7, 11) is 0. The number of benzene rings is 1. The van der Waals surface area contributed by atoms with Crippen molar-refractivity contribution in [1.29, 1.82) is 0 Å². The number of rotatable bonds is 6. The number of alkyl halides is 3. The monoisotopic (exact) mass is 472 g/mol. The lowest BCUT2D eigenvalue weighted by molar-refractivity contribution is -0.274. The van der Waals surface area contributed by atoms with Gasteiger partial charge in [0.15, 0.2) is 0 Å². The fraction of sp³-hybridized carbons (Fsp3) is 0.368. The van der Waals surface area contributed by atoms with E-state index in [1.165, 1.54) is 12.1 Å². The van der Waals surface area contributed by atoms with Gasteiger partial charge in [0.2, 0.25) is 5.91 Å². The SMILES string of the molecule is O=C(CN1CCN(Cc2ccc(OC(F)(F)F)cc2)CC1)Nc1ccc(Br)cn1. The number of aromatic nitrogens is 1. The number of carbonyl (C=O) groups is 1. The predicted molar refractivity (Wildman–Crippen MR) is 105 cm³/mol. The Bertz CT molecular complexity index is 808. The van der Waals surface area contributed by atoms with Gasteiger partial charge in [0.05, 0.1) is 6.54 Å². The molecule has 0 spiro atoms. The number of carbonyl (C=O) groups excluding carboxylic acids is 1. The molecule has 0 atom stereocenters. The molecule has 1 aliphatic rings. The summed E-state index contributed by atoms with van der Waals surface area (Å²) in [6.07, 6.45) is -3.06. The van der Waals surface area contributed by atoms with Crippen molar-refractivity contribution in [3.05, 3.63) is 52.6 Å². The number of hydrogen-bond donors (Lipinski definition) is 1. The molecule has 6 nitrogen and oxygen atoms in total. The van der Waals surface area contributed by atoms with E-state index in [4.69, 9.17) is 0 Å². The predicted octanol–water partition coefficient (Wildman–Crippen LogP) is 3.50. The fourth-order valence-corrected chi connectivity index (χ4v) is 3.23. The second-order valence-corrected chi connectivity index (χ2v) is 7.57. The van der Waals surface area contributed by atoms with E-state index in [2.05, 4.69) is 40.8 Å². The van der Waals surface area contributed by atoms with Gasteiger partial charge in [0.1, 0.15) is 11.6 Å². The summed E-state index contributed by atoms with van der Waals surface area (Å²) in [5, 5.41) is 2.77. The van der Waals surface area contributed by atoms with Crippen LogP contribution < -0.4 is 10.1 Å². The first-order valence-corrected chi connectivity index (χ1v) is 9.77. The van der Waals surface area contributed by atoms with E-state index >= 15 is 0 Å². The number of halogens is 4. The van der Waals surface area contributed by atoms with Crippen molar-refractivity contribution in [1.82, 2.24) is 14.8 Å². The Balaban J connectivity index is 1.41. The number of nitrogens with zero attached hydrogens (tertiary/aromatic N) is 3. The molecule has 3 rings (SSSR count). The average Bonchev–Trinajstić information content (AvgIpc) is 2.66. The minimum atomic E-state index is -4.68. The van der Waals surface area contributed by atoms with Gasteiger partial charge < -0.3 is 10.1 Å². The van der Waals surface area contributed by atoms with E-state index in [1.807, 2.05) is 6.07 Å². The van der Waals surface area contributed by atoms with Crippen LogP contribution in [-0.2, 0) is 11.3 Å². The van der Waals surface area contributed by atoms with Crippen LogP contribution in [0.5, 0.6) is 5.75 Å². The van der Waals surface area contributed by atoms with Gasteiger partial charge in [-0.15, -0.1) is 13.2 Å². The Hall–Kier alpha value is -2.17. The summed E-state index contributed by atoms with van der Waals surface area (Å²) in [5.74, 6) is 0.167. The van der Waals surface area contributed by atoms with Gasteiger partial charge in [-0.1, -0.05) is 12.1 Å². The van der Waals surface area contributed by atoms with E-state index in [9.17, 15) is 18.0 Å². The van der Waals surface area contributed by atoms with Crippen LogP contribution in [0.25, 0.3) is 0 Å². The first kappa shape index (κ1) is 21.5. The average molecular weight is 473 g/mol. The first-order valence-electron chi connectivity index (χ1n) is 8.98. The maximum atomic E-state index is 12.2. The zero-order valence-corrected chi connectivity index (χ0v) is 17.0. The molecular weight excluding hydrogens is 453 g/mol. The summed E-state index contributed by atoms with van der Waals surface area (Å²) >= 11 is 3.30. The summed E-state index contributed by atoms with van der Waals surface area (Å²) in [6, 6.07) is 9.44. The van der Waals surface area contributed by atoms with E-state index in [1.54, 1.807) is 24.4 Å². The van der Waals surface area contributed by atoms with Gasteiger partial charge in [0, 0.05) is 43.4 Å². The second kappa shape index (κ2) is 9.55. The molecule has 0 saturated carbocycles. The summed E-state index contributed by atoms with van der Waals surface area (Å²) in [5.41, 5.74) is 0.909. The highest BCUT2D eigenvalue weighted by Crippen LogP contribution is 2.23. The molecule has 1 aliphatic heterocycles. The van der Waals surface area contributed by atoms with Crippen molar-refractivity contribution in [2.75, 3.05) is 38.0 Å². The van der Waals surface area contributed by atoms with Crippen LogP contribution in [0.4, 0.5) is 19.0 Å². The van der Waals surface area contributed by atoms with Gasteiger partial charge in [-0.3, -0.25) is 14.6 Å². The van der Waals surface area contributed by atoms with Crippen LogP contribution in [0.2, 0.25) is 0 Å². The molecule has 1 N–H and O–H groups in total. The lowest BCUT2D eigenvalue weighted by Gasteiger charge is -2.34. The standard InChI is InChI=1S/C19H20BrF3N4O2/c20-15-3-6-17(24-11-15)25-18(28)13-27-9-7-26(8-10-27)12-14-1-4-16(5-2-14)29-19(21,22)23/h1-6,11H,7-10,12-13H2,(H,24,25,28). The molecule has 1 aromatic carbocycles. The zero-order valence-electron chi connectivity index (χ0n) is 15.5. The smallest absolute Gasteiger partial charge is 0.406 e. The number of pyridine rings is 1. The third-order valence-electron chi connectivity index (χ3n) is 4.39. The van der Waals surface area contributed by atoms with Crippen molar-refractivity contribution in [3.8, 4) is 5.75 Å². The normalized spacial score (nSPS) is 15.9. The van der Waals surface area contributed by atoms with Crippen LogP contribution in [0, 0.1) is 0 Å². The molecule has 0 bridgehead atoms. The minimum Gasteiger partial charge on any atom is -0.406 e. The Morgan fingerprint density at radius 3 is 2.31 bits per heavy atom. The van der Waals surface area contributed by atoms with Gasteiger partial charge in [-0.2, -0.15) is 0 Å². The number of ether oxygens (including phenoxy) is 1. The highest BCUT2D eigenvalue weighted by molar-refractivity contribution is 9.10. The van der Waals surface area contributed by atoms with Crippen LogP contribution >= 0.6 is 15.9 Å². The van der Waals surface area contributed by atoms with Gasteiger partial charge in [-0.05, 0) is 45.8 Å². The maximum absolute atomic E-state index is 12.2. The summed E-state index contributed by atoms with van der Waals surface area (Å²) in [4.78, 5) is 20.5. The third kappa shape index (κ3) is 7.30. The van der Waals surface area contributed by atoms with E-state index in [0.29, 0.717) is 12.4 Å². The Labute approximate surface area is 174 Å². The van der Waals surface area contributed by atoms with Gasteiger partial charge >= 0.3 is 6.36 Å². The van der Waals surface area contributed by atoms with Gasteiger partial charge in [0.25, 0.3) is 0 Å². The van der Waals surface area contributed by atoms with Crippen molar-refractivity contribution in [3.63, 3.8) is 0 Å².